The van der Waals surface area contributed by atoms with Gasteiger partial charge in [-0.05, 0) is 29.5 Å². The number of imidazole rings is 1. The summed E-state index contributed by atoms with van der Waals surface area (Å²) in [5, 5.41) is 5.00. The topological polar surface area (TPSA) is 88.8 Å². The molecule has 0 aliphatic heterocycles. The van der Waals surface area contributed by atoms with Crippen LogP contribution in [0.4, 0.5) is 0 Å². The van der Waals surface area contributed by atoms with Crippen molar-refractivity contribution in [2.75, 3.05) is 27.1 Å². The Morgan fingerprint density at radius 3 is 2.37 bits per heavy atom. The summed E-state index contributed by atoms with van der Waals surface area (Å²) in [4.78, 5) is 16.0. The van der Waals surface area contributed by atoms with Crippen LogP contribution >= 0.6 is 11.8 Å². The number of fused-ring (bicyclic) bond motifs is 1. The van der Waals surface area contributed by atoms with E-state index >= 15 is 0 Å². The number of amides is 1. The summed E-state index contributed by atoms with van der Waals surface area (Å²) >= 11 is 1.42. The number of benzene rings is 3. The first-order valence-corrected chi connectivity index (χ1v) is 11.9. The molecule has 9 heteroatoms. The van der Waals surface area contributed by atoms with E-state index in [1.165, 1.54) is 23.5 Å². The largest absolute Gasteiger partial charge is 0.496 e. The third-order valence-corrected chi connectivity index (χ3v) is 6.34. The van der Waals surface area contributed by atoms with Crippen LogP contribution < -0.4 is 24.2 Å². The third-order valence-electron chi connectivity index (χ3n) is 5.34. The molecule has 0 saturated heterocycles. The maximum atomic E-state index is 12.5. The number of ether oxygens (including phenoxy) is 3. The predicted molar refractivity (Wildman–Crippen MR) is 137 cm³/mol. The van der Waals surface area contributed by atoms with Gasteiger partial charge in [-0.25, -0.2) is 15.0 Å². The van der Waals surface area contributed by atoms with Gasteiger partial charge in [0.25, 0.3) is 5.91 Å². The number of carbonyl (C=O) groups is 1. The van der Waals surface area contributed by atoms with Gasteiger partial charge in [0, 0.05) is 12.1 Å². The fraction of sp³-hybridized carbons (Fsp3) is 0.192. The second kappa shape index (κ2) is 11.4. The number of H-pyrrole nitrogens is 1. The summed E-state index contributed by atoms with van der Waals surface area (Å²) in [6, 6.07) is 21.8. The summed E-state index contributed by atoms with van der Waals surface area (Å²) in [7, 11) is 4.66. The highest BCUT2D eigenvalue weighted by molar-refractivity contribution is 7.99. The van der Waals surface area contributed by atoms with E-state index in [9.17, 15) is 4.79 Å². The molecule has 2 N–H and O–H groups in total. The van der Waals surface area contributed by atoms with E-state index in [0.29, 0.717) is 29.4 Å². The molecule has 0 saturated carbocycles. The smallest absolute Gasteiger partial charge is 0.317 e. The minimum Gasteiger partial charge on any atom is -0.496 e. The maximum absolute atomic E-state index is 12.5. The monoisotopic (exact) mass is 491 g/mol. The van der Waals surface area contributed by atoms with Crippen LogP contribution in [-0.2, 0) is 11.3 Å². The summed E-state index contributed by atoms with van der Waals surface area (Å²) in [5.74, 6) is 1.60. The number of nitrogens with zero attached hydrogens (tertiary/aromatic N) is 2. The van der Waals surface area contributed by atoms with Crippen molar-refractivity contribution in [2.24, 2.45) is 5.10 Å². The molecule has 4 aromatic rings. The first kappa shape index (κ1) is 24.2. The van der Waals surface area contributed by atoms with Crippen molar-refractivity contribution in [1.82, 2.24) is 10.4 Å². The number of aromatic nitrogens is 2. The molecule has 1 amide bonds. The molecule has 8 nitrogen and oxygen atoms in total. The van der Waals surface area contributed by atoms with Crippen LogP contribution in [0.3, 0.4) is 0 Å². The van der Waals surface area contributed by atoms with Crippen molar-refractivity contribution in [2.45, 2.75) is 11.7 Å². The molecule has 0 radical (unpaired) electrons. The average Bonchev–Trinajstić information content (AvgIpc) is 3.25. The normalized spacial score (nSPS) is 11.1. The third kappa shape index (κ3) is 5.75. The number of hydrogen-bond acceptors (Lipinski definition) is 6. The number of thioether (sulfide) groups is 1. The lowest BCUT2D eigenvalue weighted by atomic mass is 10.2. The van der Waals surface area contributed by atoms with Gasteiger partial charge in [-0.15, -0.1) is 0 Å². The van der Waals surface area contributed by atoms with Crippen molar-refractivity contribution in [3.63, 3.8) is 0 Å². The van der Waals surface area contributed by atoms with Crippen LogP contribution in [0.25, 0.3) is 11.0 Å². The molecule has 1 aromatic heterocycles. The van der Waals surface area contributed by atoms with Crippen molar-refractivity contribution >= 4 is 34.9 Å². The number of nitrogens with one attached hydrogen (secondary N) is 2. The predicted octanol–water partition coefficient (Wildman–Crippen LogP) is 3.77. The molecule has 35 heavy (non-hydrogen) atoms. The number of para-hydroxylation sites is 2. The van der Waals surface area contributed by atoms with Crippen LogP contribution in [0.15, 0.2) is 77.0 Å². The minimum absolute atomic E-state index is 0.190. The Labute approximate surface area is 207 Å². The lowest BCUT2D eigenvalue weighted by Crippen LogP contribution is -2.36. The van der Waals surface area contributed by atoms with Gasteiger partial charge in [-0.3, -0.25) is 4.79 Å². The molecule has 3 aromatic carbocycles. The van der Waals surface area contributed by atoms with E-state index in [0.717, 1.165) is 16.2 Å². The Balaban J connectivity index is 1.46. The second-order valence-corrected chi connectivity index (χ2v) is 8.51. The average molecular weight is 492 g/mol. The van der Waals surface area contributed by atoms with Crippen LogP contribution in [-0.4, -0.2) is 44.2 Å². The number of rotatable bonds is 10. The maximum Gasteiger partial charge on any atom is 0.317 e. The van der Waals surface area contributed by atoms with E-state index < -0.39 is 0 Å². The molecule has 180 valence electrons. The zero-order valence-corrected chi connectivity index (χ0v) is 20.6. The SMILES string of the molecule is COc1cc(OC)c(C=NNC(=O)CSc2[nH]c3ccccc3[n+]2Cc2ccccc2)c(OC)c1. The highest BCUT2D eigenvalue weighted by Crippen LogP contribution is 2.32. The second-order valence-electron chi connectivity index (χ2n) is 7.55. The zero-order chi connectivity index (χ0) is 24.6. The molecular weight excluding hydrogens is 464 g/mol. The highest BCUT2D eigenvalue weighted by Gasteiger charge is 2.20. The molecule has 0 spiro atoms. The Morgan fingerprint density at radius 2 is 1.69 bits per heavy atom. The summed E-state index contributed by atoms with van der Waals surface area (Å²) < 4.78 is 18.3. The van der Waals surface area contributed by atoms with Crippen molar-refractivity contribution in [3.8, 4) is 17.2 Å². The number of methoxy groups -OCH3 is 3. The summed E-state index contributed by atoms with van der Waals surface area (Å²) in [6.07, 6.45) is 1.50. The Kier molecular flexibility index (Phi) is 7.89. The first-order valence-electron chi connectivity index (χ1n) is 10.9. The van der Waals surface area contributed by atoms with E-state index in [-0.39, 0.29) is 11.7 Å². The van der Waals surface area contributed by atoms with Gasteiger partial charge in [-0.2, -0.15) is 5.10 Å². The van der Waals surface area contributed by atoms with E-state index in [4.69, 9.17) is 14.2 Å². The van der Waals surface area contributed by atoms with Gasteiger partial charge < -0.3 is 14.2 Å². The van der Waals surface area contributed by atoms with E-state index in [2.05, 4.69) is 38.3 Å². The number of aromatic amines is 1. The molecule has 0 atom stereocenters. The molecule has 0 aliphatic carbocycles. The highest BCUT2D eigenvalue weighted by atomic mass is 32.2. The van der Waals surface area contributed by atoms with Crippen molar-refractivity contribution in [1.29, 1.82) is 0 Å². The van der Waals surface area contributed by atoms with Crippen LogP contribution in [0.2, 0.25) is 0 Å². The number of hydrazone groups is 1. The Bertz CT molecular complexity index is 1310. The van der Waals surface area contributed by atoms with Crippen LogP contribution in [0, 0.1) is 0 Å². The van der Waals surface area contributed by atoms with Gasteiger partial charge in [0.15, 0.2) is 11.0 Å². The lowest BCUT2D eigenvalue weighted by Gasteiger charge is -2.12. The fourth-order valence-corrected chi connectivity index (χ4v) is 4.47. The molecule has 1 heterocycles. The van der Waals surface area contributed by atoms with Gasteiger partial charge >= 0.3 is 5.16 Å². The van der Waals surface area contributed by atoms with Gasteiger partial charge in [0.1, 0.15) is 23.8 Å². The molecular formula is C26H27N4O4S+. The lowest BCUT2D eigenvalue weighted by molar-refractivity contribution is -0.700. The van der Waals surface area contributed by atoms with E-state index in [1.54, 1.807) is 33.5 Å². The first-order chi connectivity index (χ1) is 17.1. The van der Waals surface area contributed by atoms with Crippen molar-refractivity contribution < 1.29 is 23.6 Å². The van der Waals surface area contributed by atoms with Crippen molar-refractivity contribution in [3.05, 3.63) is 77.9 Å². The summed E-state index contributed by atoms with van der Waals surface area (Å²) in [6.45, 7) is 0.698. The molecule has 0 fully saturated rings. The van der Waals surface area contributed by atoms with Crippen LogP contribution in [0.1, 0.15) is 11.1 Å². The molecule has 0 bridgehead atoms. The summed E-state index contributed by atoms with van der Waals surface area (Å²) in [5.41, 5.74) is 6.45. The fourth-order valence-electron chi connectivity index (χ4n) is 3.64. The quantitative estimate of drug-likeness (QED) is 0.153. The Morgan fingerprint density at radius 1 is 1.00 bits per heavy atom. The van der Waals surface area contributed by atoms with Gasteiger partial charge in [0.2, 0.25) is 0 Å². The Hall–Kier alpha value is -3.98. The minimum atomic E-state index is -0.234. The molecule has 4 rings (SSSR count). The standard InChI is InChI=1S/C26H26N4O4S/c1-32-19-13-23(33-2)20(24(14-19)34-3)15-27-29-25(31)17-35-26-28-21-11-7-8-12-22(21)30(26)16-18-9-5-4-6-10-18/h4-15H,16-17H2,1-3H3,(H,29,31)/p+1. The van der Waals surface area contributed by atoms with Gasteiger partial charge in [-0.1, -0.05) is 42.5 Å². The molecule has 0 unspecified atom stereocenters. The zero-order valence-electron chi connectivity index (χ0n) is 19.8. The molecule has 0 aliphatic rings. The van der Waals surface area contributed by atoms with E-state index in [1.807, 2.05) is 36.4 Å². The number of carbonyl (C=O) groups excluding carboxylic acids is 1. The van der Waals surface area contributed by atoms with Gasteiger partial charge in [0.05, 0.1) is 38.9 Å². The number of hydrogen-bond donors (Lipinski definition) is 2. The van der Waals surface area contributed by atoms with Crippen LogP contribution in [0.5, 0.6) is 17.2 Å².